The van der Waals surface area contributed by atoms with Gasteiger partial charge in [0.05, 0.1) is 19.5 Å². The Hall–Kier alpha value is -2.83. The van der Waals surface area contributed by atoms with Gasteiger partial charge in [0.25, 0.3) is 5.91 Å². The fourth-order valence-electron chi connectivity index (χ4n) is 4.09. The number of rotatable bonds is 5. The van der Waals surface area contributed by atoms with Crippen molar-refractivity contribution in [2.75, 3.05) is 43.1 Å². The van der Waals surface area contributed by atoms with Gasteiger partial charge in [-0.25, -0.2) is 9.97 Å². The first-order valence-electron chi connectivity index (χ1n) is 10.5. The largest absolute Gasteiger partial charge is 0.497 e. The second kappa shape index (κ2) is 9.11. The van der Waals surface area contributed by atoms with Gasteiger partial charge in [-0.2, -0.15) is 0 Å². The van der Waals surface area contributed by atoms with Crippen LogP contribution >= 0.6 is 0 Å². The number of carbonyl (C=O) groups excluding carboxylic acids is 1. The predicted molar refractivity (Wildman–Crippen MR) is 114 cm³/mol. The number of benzene rings is 1. The molecule has 7 heteroatoms. The van der Waals surface area contributed by atoms with Gasteiger partial charge in [-0.15, -0.1) is 0 Å². The van der Waals surface area contributed by atoms with Gasteiger partial charge >= 0.3 is 0 Å². The number of carbonyl (C=O) groups is 1. The normalized spacial score (nSPS) is 17.8. The Balaban J connectivity index is 1.31. The summed E-state index contributed by atoms with van der Waals surface area (Å²) in [5.41, 5.74) is 1.60. The van der Waals surface area contributed by atoms with Gasteiger partial charge in [0.2, 0.25) is 0 Å². The van der Waals surface area contributed by atoms with Crippen molar-refractivity contribution in [3.63, 3.8) is 0 Å². The number of piperazine rings is 1. The van der Waals surface area contributed by atoms with E-state index in [-0.39, 0.29) is 11.9 Å². The van der Waals surface area contributed by atoms with Gasteiger partial charge in [0, 0.05) is 37.9 Å². The van der Waals surface area contributed by atoms with E-state index in [0.29, 0.717) is 5.69 Å². The van der Waals surface area contributed by atoms with Crippen molar-refractivity contribution in [1.82, 2.24) is 15.3 Å². The summed E-state index contributed by atoms with van der Waals surface area (Å²) in [7, 11) is 1.68. The minimum Gasteiger partial charge on any atom is -0.497 e. The maximum Gasteiger partial charge on any atom is 0.271 e. The van der Waals surface area contributed by atoms with Crippen LogP contribution in [0.25, 0.3) is 0 Å². The zero-order valence-corrected chi connectivity index (χ0v) is 17.0. The molecule has 1 aliphatic carbocycles. The first-order chi connectivity index (χ1) is 14.2. The van der Waals surface area contributed by atoms with E-state index in [0.717, 1.165) is 50.6 Å². The van der Waals surface area contributed by atoms with E-state index in [2.05, 4.69) is 37.2 Å². The average molecular weight is 396 g/mol. The van der Waals surface area contributed by atoms with Crippen molar-refractivity contribution in [2.45, 2.75) is 38.1 Å². The van der Waals surface area contributed by atoms with Crippen LogP contribution in [0.4, 0.5) is 11.5 Å². The lowest BCUT2D eigenvalue weighted by Gasteiger charge is -2.36. The van der Waals surface area contributed by atoms with E-state index in [4.69, 9.17) is 4.74 Å². The second-order valence-corrected chi connectivity index (χ2v) is 7.74. The molecule has 4 rings (SSSR count). The van der Waals surface area contributed by atoms with E-state index in [1.54, 1.807) is 19.5 Å². The van der Waals surface area contributed by atoms with Crippen LogP contribution in [0.2, 0.25) is 0 Å². The minimum atomic E-state index is -0.111. The molecule has 1 aromatic heterocycles. The molecule has 1 amide bonds. The summed E-state index contributed by atoms with van der Waals surface area (Å²) in [6, 6.07) is 8.44. The minimum absolute atomic E-state index is 0.111. The Morgan fingerprint density at radius 1 is 0.966 bits per heavy atom. The summed E-state index contributed by atoms with van der Waals surface area (Å²) < 4.78 is 5.23. The SMILES string of the molecule is COc1ccc(N2CCN(c3cnc(C(=O)NC4CCCCC4)cn3)CC2)cc1. The summed E-state index contributed by atoms with van der Waals surface area (Å²) in [6.45, 7) is 3.57. The number of ether oxygens (including phenoxy) is 1. The number of hydrogen-bond donors (Lipinski definition) is 1. The summed E-state index contributed by atoms with van der Waals surface area (Å²) in [4.78, 5) is 25.9. The molecule has 2 aromatic rings. The molecule has 2 heterocycles. The van der Waals surface area contributed by atoms with E-state index < -0.39 is 0 Å². The van der Waals surface area contributed by atoms with Crippen molar-refractivity contribution in [2.24, 2.45) is 0 Å². The zero-order chi connectivity index (χ0) is 20.1. The number of hydrogen-bond acceptors (Lipinski definition) is 6. The number of methoxy groups -OCH3 is 1. The van der Waals surface area contributed by atoms with E-state index in [9.17, 15) is 4.79 Å². The molecule has 7 nitrogen and oxygen atoms in total. The van der Waals surface area contributed by atoms with Gasteiger partial charge in [0.15, 0.2) is 0 Å². The highest BCUT2D eigenvalue weighted by molar-refractivity contribution is 5.92. The highest BCUT2D eigenvalue weighted by atomic mass is 16.5. The molecule has 1 aromatic carbocycles. The van der Waals surface area contributed by atoms with Crippen LogP contribution in [0.15, 0.2) is 36.7 Å². The van der Waals surface area contributed by atoms with Crippen LogP contribution in [0.1, 0.15) is 42.6 Å². The van der Waals surface area contributed by atoms with Gasteiger partial charge < -0.3 is 19.9 Å². The molecule has 0 radical (unpaired) electrons. The molecular formula is C22H29N5O2. The van der Waals surface area contributed by atoms with Crippen LogP contribution < -0.4 is 19.9 Å². The number of nitrogens with zero attached hydrogens (tertiary/aromatic N) is 4. The van der Waals surface area contributed by atoms with Crippen molar-refractivity contribution in [3.8, 4) is 5.75 Å². The summed E-state index contributed by atoms with van der Waals surface area (Å²) in [5.74, 6) is 1.59. The maximum absolute atomic E-state index is 12.4. The van der Waals surface area contributed by atoms with Crippen LogP contribution in [0, 0.1) is 0 Å². The topological polar surface area (TPSA) is 70.6 Å². The van der Waals surface area contributed by atoms with Crippen molar-refractivity contribution < 1.29 is 9.53 Å². The van der Waals surface area contributed by atoms with Crippen LogP contribution in [0.3, 0.4) is 0 Å². The van der Waals surface area contributed by atoms with Gasteiger partial charge in [0.1, 0.15) is 17.3 Å². The van der Waals surface area contributed by atoms with Crippen molar-refractivity contribution in [1.29, 1.82) is 0 Å². The Morgan fingerprint density at radius 3 is 2.28 bits per heavy atom. The molecule has 0 unspecified atom stereocenters. The smallest absolute Gasteiger partial charge is 0.271 e. The Kier molecular flexibility index (Phi) is 6.12. The molecule has 1 saturated carbocycles. The lowest BCUT2D eigenvalue weighted by atomic mass is 9.95. The lowest BCUT2D eigenvalue weighted by Crippen LogP contribution is -2.47. The van der Waals surface area contributed by atoms with Crippen molar-refractivity contribution in [3.05, 3.63) is 42.4 Å². The third kappa shape index (κ3) is 4.78. The molecule has 1 N–H and O–H groups in total. The van der Waals surface area contributed by atoms with E-state index in [1.807, 2.05) is 12.1 Å². The monoisotopic (exact) mass is 395 g/mol. The molecular weight excluding hydrogens is 366 g/mol. The molecule has 154 valence electrons. The first kappa shape index (κ1) is 19.5. The fourth-order valence-corrected chi connectivity index (χ4v) is 4.09. The number of anilines is 2. The fraction of sp³-hybridized carbons (Fsp3) is 0.500. The zero-order valence-electron chi connectivity index (χ0n) is 17.0. The highest BCUT2D eigenvalue weighted by Crippen LogP contribution is 2.22. The van der Waals surface area contributed by atoms with Gasteiger partial charge in [-0.3, -0.25) is 4.79 Å². The quantitative estimate of drug-likeness (QED) is 0.840. The summed E-state index contributed by atoms with van der Waals surface area (Å²) >= 11 is 0. The summed E-state index contributed by atoms with van der Waals surface area (Å²) in [5, 5.41) is 3.10. The first-order valence-corrected chi connectivity index (χ1v) is 10.5. The molecule has 2 aliphatic rings. The highest BCUT2D eigenvalue weighted by Gasteiger charge is 2.20. The third-order valence-electron chi connectivity index (χ3n) is 5.85. The molecule has 0 spiro atoms. The molecule has 1 saturated heterocycles. The van der Waals surface area contributed by atoms with E-state index in [1.165, 1.54) is 24.9 Å². The predicted octanol–water partition coefficient (Wildman–Crippen LogP) is 2.87. The molecule has 29 heavy (non-hydrogen) atoms. The summed E-state index contributed by atoms with van der Waals surface area (Å²) in [6.07, 6.45) is 9.11. The van der Waals surface area contributed by atoms with E-state index >= 15 is 0 Å². The molecule has 0 bridgehead atoms. The molecule has 0 atom stereocenters. The van der Waals surface area contributed by atoms with Crippen LogP contribution in [0.5, 0.6) is 5.75 Å². The van der Waals surface area contributed by atoms with Crippen LogP contribution in [-0.2, 0) is 0 Å². The van der Waals surface area contributed by atoms with Crippen LogP contribution in [-0.4, -0.2) is 55.2 Å². The van der Waals surface area contributed by atoms with Gasteiger partial charge in [-0.1, -0.05) is 19.3 Å². The second-order valence-electron chi connectivity index (χ2n) is 7.74. The third-order valence-corrected chi connectivity index (χ3v) is 5.85. The standard InChI is InChI=1S/C22H29N5O2/c1-29-19-9-7-18(8-10-19)26-11-13-27(14-12-26)21-16-23-20(15-24-21)22(28)25-17-5-3-2-4-6-17/h7-10,15-17H,2-6,11-14H2,1H3,(H,25,28). The molecule has 2 fully saturated rings. The number of aromatic nitrogens is 2. The Bertz CT molecular complexity index is 795. The number of nitrogens with one attached hydrogen (secondary N) is 1. The molecule has 1 aliphatic heterocycles. The Morgan fingerprint density at radius 2 is 1.66 bits per heavy atom. The van der Waals surface area contributed by atoms with Crippen molar-refractivity contribution >= 4 is 17.4 Å². The Labute approximate surface area is 172 Å². The average Bonchev–Trinajstić information content (AvgIpc) is 2.80. The lowest BCUT2D eigenvalue weighted by molar-refractivity contribution is 0.0922. The van der Waals surface area contributed by atoms with Gasteiger partial charge in [-0.05, 0) is 37.1 Å². The maximum atomic E-state index is 12.4. The number of amides is 1.